The maximum Gasteiger partial charge on any atom is 0.216 e. The van der Waals surface area contributed by atoms with Crippen LogP contribution in [0.15, 0.2) is 35.6 Å². The van der Waals surface area contributed by atoms with Gasteiger partial charge in [-0.1, -0.05) is 6.92 Å². The molecule has 9 nitrogen and oxygen atoms in total. The molecule has 1 fully saturated rings. The van der Waals surface area contributed by atoms with Crippen LogP contribution in [-0.2, 0) is 10.0 Å². The zero-order valence-electron chi connectivity index (χ0n) is 19.8. The van der Waals surface area contributed by atoms with Crippen LogP contribution in [0.3, 0.4) is 0 Å². The number of nitrogens with one attached hydrogen (secondary N) is 1. The van der Waals surface area contributed by atoms with Crippen LogP contribution in [0.1, 0.15) is 64.8 Å². The summed E-state index contributed by atoms with van der Waals surface area (Å²) in [6.07, 6.45) is 7.17. The van der Waals surface area contributed by atoms with Gasteiger partial charge < -0.3 is 0 Å². The van der Waals surface area contributed by atoms with E-state index in [1.54, 1.807) is 18.5 Å². The van der Waals surface area contributed by atoms with E-state index < -0.39 is 43.8 Å². The van der Waals surface area contributed by atoms with Crippen molar-refractivity contribution in [3.05, 3.63) is 64.9 Å². The van der Waals surface area contributed by atoms with Gasteiger partial charge in [0.2, 0.25) is 15.8 Å². The number of primary sulfonamides is 1. The number of carbonyl (C=O) groups is 1. The molecule has 1 atom stereocenters. The number of H-pyrrole nitrogens is 1. The number of fused-ring (bicyclic) bond motifs is 1. The number of aromatic amines is 1. The molecule has 3 N–H and O–H groups in total. The molecule has 0 amide bonds. The first kappa shape index (κ1) is 25.4. The molecule has 4 aromatic rings. The fourth-order valence-corrected chi connectivity index (χ4v) is 5.85. The van der Waals surface area contributed by atoms with Gasteiger partial charge in [0.25, 0.3) is 0 Å². The average molecular weight is 545 g/mol. The Morgan fingerprint density at radius 2 is 2.00 bits per heavy atom. The lowest BCUT2D eigenvalue weighted by Crippen LogP contribution is -2.24. The molecule has 1 unspecified atom stereocenters. The van der Waals surface area contributed by atoms with Crippen molar-refractivity contribution in [2.24, 2.45) is 5.14 Å². The van der Waals surface area contributed by atoms with Gasteiger partial charge in [-0.25, -0.2) is 37.3 Å². The number of pyridine rings is 1. The van der Waals surface area contributed by atoms with E-state index >= 15 is 4.39 Å². The van der Waals surface area contributed by atoms with E-state index in [-0.39, 0.29) is 17.8 Å². The minimum absolute atomic E-state index is 0.0781. The predicted molar refractivity (Wildman–Crippen MR) is 135 cm³/mol. The van der Waals surface area contributed by atoms with Crippen LogP contribution in [0, 0.1) is 11.6 Å². The Labute approximate surface area is 215 Å². The highest BCUT2D eigenvalue weighted by Gasteiger charge is 2.32. The number of hydrogen-bond donors (Lipinski definition) is 2. The van der Waals surface area contributed by atoms with Crippen LogP contribution < -0.4 is 5.14 Å². The van der Waals surface area contributed by atoms with Crippen LogP contribution in [0.5, 0.6) is 0 Å². The van der Waals surface area contributed by atoms with Crippen LogP contribution >= 0.6 is 11.8 Å². The van der Waals surface area contributed by atoms with Crippen molar-refractivity contribution in [1.29, 1.82) is 0 Å². The Morgan fingerprint density at radius 3 is 2.65 bits per heavy atom. The number of ketones is 1. The number of rotatable bonds is 8. The summed E-state index contributed by atoms with van der Waals surface area (Å²) in [5.74, 6) is -2.04. The summed E-state index contributed by atoms with van der Waals surface area (Å²) < 4.78 is 53.9. The van der Waals surface area contributed by atoms with Crippen LogP contribution in [0.2, 0.25) is 0 Å². The molecule has 1 saturated carbocycles. The number of hydrogen-bond acceptors (Lipinski definition) is 8. The van der Waals surface area contributed by atoms with Crippen molar-refractivity contribution in [1.82, 2.24) is 25.1 Å². The third-order valence-corrected chi connectivity index (χ3v) is 8.38. The lowest BCUT2D eigenvalue weighted by atomic mass is 9.99. The summed E-state index contributed by atoms with van der Waals surface area (Å²) in [4.78, 5) is 26.9. The van der Waals surface area contributed by atoms with E-state index in [1.165, 1.54) is 18.7 Å². The third kappa shape index (κ3) is 4.62. The number of halogens is 2. The molecule has 5 rings (SSSR count). The van der Waals surface area contributed by atoms with Gasteiger partial charge in [0.05, 0.1) is 10.9 Å². The number of nitrogens with zero attached hydrogens (tertiary/aromatic N) is 4. The molecule has 0 bridgehead atoms. The fraction of sp³-hybridized carbons (Fsp3) is 0.292. The van der Waals surface area contributed by atoms with Crippen molar-refractivity contribution in [3.63, 3.8) is 0 Å². The van der Waals surface area contributed by atoms with Crippen LogP contribution in [0.25, 0.3) is 22.2 Å². The van der Waals surface area contributed by atoms with Gasteiger partial charge >= 0.3 is 0 Å². The Balaban J connectivity index is 1.59. The Kier molecular flexibility index (Phi) is 6.54. The highest BCUT2D eigenvalue weighted by atomic mass is 32.2. The molecule has 1 aliphatic carbocycles. The molecule has 1 aromatic carbocycles. The summed E-state index contributed by atoms with van der Waals surface area (Å²) >= 11 is 1.46. The van der Waals surface area contributed by atoms with E-state index in [0.29, 0.717) is 16.9 Å². The van der Waals surface area contributed by atoms with Crippen molar-refractivity contribution in [3.8, 4) is 11.1 Å². The number of nitrogens with two attached hydrogens (primary N) is 1. The zero-order valence-corrected chi connectivity index (χ0v) is 21.5. The van der Waals surface area contributed by atoms with E-state index in [0.717, 1.165) is 41.4 Å². The van der Waals surface area contributed by atoms with E-state index in [4.69, 9.17) is 5.14 Å². The quantitative estimate of drug-likeness (QED) is 0.190. The van der Waals surface area contributed by atoms with Gasteiger partial charge in [0.15, 0.2) is 5.65 Å². The molecule has 13 heteroatoms. The molecular formula is C24H22F2N6O3S2. The fourth-order valence-electron chi connectivity index (χ4n) is 4.27. The molecule has 0 spiro atoms. The second kappa shape index (κ2) is 9.54. The molecule has 1 aliphatic rings. The summed E-state index contributed by atoms with van der Waals surface area (Å²) in [5.41, 5.74) is 0.209. The largest absolute Gasteiger partial charge is 0.287 e. The van der Waals surface area contributed by atoms with E-state index in [9.17, 15) is 17.6 Å². The SMILES string of the molecule is CCC(c1c(F)ccc(C(=O)c2[nH]nc3ncc(-c4cnc(C5CC5)nc4SC)cc23)c1F)S(N)(=O)=O. The monoisotopic (exact) mass is 544 g/mol. The van der Waals surface area contributed by atoms with Gasteiger partial charge in [-0.15, -0.1) is 11.8 Å². The summed E-state index contributed by atoms with van der Waals surface area (Å²) in [6, 6.07) is 3.49. The first-order valence-corrected chi connectivity index (χ1v) is 14.3. The number of aromatic nitrogens is 5. The van der Waals surface area contributed by atoms with Gasteiger partial charge in [-0.2, -0.15) is 5.10 Å². The number of thioether (sulfide) groups is 1. The normalized spacial score (nSPS) is 14.7. The van der Waals surface area contributed by atoms with Crippen molar-refractivity contribution in [2.75, 3.05) is 6.26 Å². The second-order valence-electron chi connectivity index (χ2n) is 8.76. The molecule has 3 aromatic heterocycles. The van der Waals surface area contributed by atoms with Crippen LogP contribution in [0.4, 0.5) is 8.78 Å². The minimum Gasteiger partial charge on any atom is -0.287 e. The topological polar surface area (TPSA) is 145 Å². The third-order valence-electron chi connectivity index (χ3n) is 6.32. The zero-order chi connectivity index (χ0) is 26.5. The lowest BCUT2D eigenvalue weighted by Gasteiger charge is -2.16. The standard InChI is InChI=1S/C24H22F2N6O3S2/c1-3-17(37(27,34)35)18-16(25)7-6-13(19(18)26)21(33)20-14-8-12(9-28-23(14)32-31-20)15-10-29-22(11-4-5-11)30-24(15)36-2/h6-11,17H,3-5H2,1-2H3,(H2,27,34,35)(H,28,31,32). The second-order valence-corrected chi connectivity index (χ2v) is 11.3. The summed E-state index contributed by atoms with van der Waals surface area (Å²) in [7, 11) is -4.33. The Bertz CT molecular complexity index is 1650. The van der Waals surface area contributed by atoms with Gasteiger partial charge in [0, 0.05) is 35.0 Å². The predicted octanol–water partition coefficient (Wildman–Crippen LogP) is 4.26. The molecule has 3 heterocycles. The maximum absolute atomic E-state index is 15.4. The summed E-state index contributed by atoms with van der Waals surface area (Å²) in [5, 5.41) is 11.3. The lowest BCUT2D eigenvalue weighted by molar-refractivity contribution is 0.103. The molecule has 0 aliphatic heterocycles. The molecule has 37 heavy (non-hydrogen) atoms. The Morgan fingerprint density at radius 1 is 1.24 bits per heavy atom. The maximum atomic E-state index is 15.4. The van der Waals surface area contributed by atoms with E-state index in [2.05, 4.69) is 25.1 Å². The molecular weight excluding hydrogens is 522 g/mol. The minimum atomic E-state index is -4.33. The highest BCUT2D eigenvalue weighted by Crippen LogP contribution is 2.40. The number of sulfonamides is 1. The Hall–Kier alpha value is -3.29. The number of benzene rings is 1. The molecule has 0 radical (unpaired) electrons. The van der Waals surface area contributed by atoms with Gasteiger partial charge in [-0.3, -0.25) is 9.89 Å². The van der Waals surface area contributed by atoms with Crippen molar-refractivity contribution < 1.29 is 22.0 Å². The average Bonchev–Trinajstić information content (AvgIpc) is 3.64. The first-order chi connectivity index (χ1) is 17.6. The van der Waals surface area contributed by atoms with Crippen molar-refractivity contribution >= 4 is 38.6 Å². The first-order valence-electron chi connectivity index (χ1n) is 11.4. The van der Waals surface area contributed by atoms with Crippen LogP contribution in [-0.4, -0.2) is 45.6 Å². The highest BCUT2D eigenvalue weighted by molar-refractivity contribution is 7.98. The van der Waals surface area contributed by atoms with Crippen molar-refractivity contribution in [2.45, 2.75) is 42.4 Å². The summed E-state index contributed by atoms with van der Waals surface area (Å²) in [6.45, 7) is 1.43. The van der Waals surface area contributed by atoms with E-state index in [1.807, 2.05) is 6.26 Å². The smallest absolute Gasteiger partial charge is 0.216 e. The molecule has 192 valence electrons. The number of carbonyl (C=O) groups excluding carboxylic acids is 1. The van der Waals surface area contributed by atoms with Gasteiger partial charge in [0.1, 0.15) is 33.4 Å². The van der Waals surface area contributed by atoms with Gasteiger partial charge in [-0.05, 0) is 43.7 Å². The molecule has 0 saturated heterocycles.